The van der Waals surface area contributed by atoms with Gasteiger partial charge in [-0.25, -0.2) is 0 Å². The Bertz CT molecular complexity index is 162. The number of quaternary nitrogens is 1. The van der Waals surface area contributed by atoms with E-state index in [0.29, 0.717) is 0 Å². The highest BCUT2D eigenvalue weighted by Gasteiger charge is 2.04. The van der Waals surface area contributed by atoms with Crippen molar-refractivity contribution < 1.29 is 24.2 Å². The summed E-state index contributed by atoms with van der Waals surface area (Å²) in [4.78, 5) is 8.44. The maximum Gasteiger partial charge on any atom is 0.249 e. The third-order valence-electron chi connectivity index (χ3n) is 1.80. The summed E-state index contributed by atoms with van der Waals surface area (Å²) in [5, 5.41) is 15.3. The second kappa shape index (κ2) is 10.7. The predicted molar refractivity (Wildman–Crippen MR) is 61.3 cm³/mol. The molecule has 1 N–H and O–H groups in total. The molecule has 0 aromatic rings. The summed E-state index contributed by atoms with van der Waals surface area (Å²) in [7, 11) is 6.57. The highest BCUT2D eigenvalue weighted by Crippen LogP contribution is 1.95. The normalized spacial score (nSPS) is 10.5. The lowest BCUT2D eigenvalue weighted by Crippen LogP contribution is -2.37. The molecule has 0 fully saturated rings. The number of likely N-dealkylation sites (N-methyl/N-ethyl adjacent to an activating group) is 1. The summed E-state index contributed by atoms with van der Waals surface area (Å²) in [6, 6.07) is 0. The van der Waals surface area contributed by atoms with Crippen molar-refractivity contribution >= 4 is 6.16 Å². The molecular formula is C11H25NO4. The second-order valence-corrected chi connectivity index (χ2v) is 4.60. The number of unbranched alkanes of at least 4 members (excludes halogenated alkanes) is 2. The van der Waals surface area contributed by atoms with Crippen LogP contribution in [0.3, 0.4) is 0 Å². The van der Waals surface area contributed by atoms with Crippen LogP contribution < -0.4 is 5.11 Å². The number of hydrogen-bond acceptors (Lipinski definition) is 3. The van der Waals surface area contributed by atoms with E-state index in [-0.39, 0.29) is 0 Å². The van der Waals surface area contributed by atoms with Crippen LogP contribution in [0, 0.1) is 0 Å². The van der Waals surface area contributed by atoms with Crippen molar-refractivity contribution in [1.82, 2.24) is 0 Å². The topological polar surface area (TPSA) is 69.6 Å². The molecule has 0 saturated carbocycles. The van der Waals surface area contributed by atoms with Gasteiger partial charge in [-0.2, -0.15) is 0 Å². The predicted octanol–water partition coefficient (Wildman–Crippen LogP) is 0.787. The Kier molecular flexibility index (Phi) is 11.8. The van der Waals surface area contributed by atoms with Gasteiger partial charge >= 0.3 is 0 Å². The first-order valence-electron chi connectivity index (χ1n) is 5.57. The zero-order valence-electron chi connectivity index (χ0n) is 10.9. The van der Waals surface area contributed by atoms with E-state index in [1.807, 2.05) is 0 Å². The number of ether oxygens (including phenoxy) is 1. The Morgan fingerprint density at radius 2 is 1.75 bits per heavy atom. The molecule has 0 radical (unpaired) electrons. The largest absolute Gasteiger partial charge is 0.565 e. The standard InChI is InChI=1S/C10H24NO.CH2O3/c1-5-6-7-9-12-10-8-11(2,3)4;2-1(3)4/h5-10H2,1-4H3;(H2,2,3,4)/q+1;/p-1. The van der Waals surface area contributed by atoms with Crippen LogP contribution >= 0.6 is 0 Å². The molecule has 0 heterocycles. The van der Waals surface area contributed by atoms with Crippen molar-refractivity contribution in [2.24, 2.45) is 0 Å². The average Bonchev–Trinajstić information content (AvgIpc) is 2.08. The van der Waals surface area contributed by atoms with Crippen molar-refractivity contribution in [3.63, 3.8) is 0 Å². The first-order valence-corrected chi connectivity index (χ1v) is 5.57. The zero-order chi connectivity index (χ0) is 13.0. The summed E-state index contributed by atoms with van der Waals surface area (Å²) in [5.41, 5.74) is 0. The molecule has 0 saturated heterocycles. The van der Waals surface area contributed by atoms with Gasteiger partial charge < -0.3 is 24.2 Å². The molecule has 0 aliphatic carbocycles. The number of rotatable bonds is 7. The van der Waals surface area contributed by atoms with Crippen LogP contribution in [0.15, 0.2) is 0 Å². The molecule has 5 heteroatoms. The molecule has 0 bridgehead atoms. The van der Waals surface area contributed by atoms with Gasteiger partial charge in [-0.05, 0) is 6.42 Å². The number of nitrogens with zero attached hydrogens (tertiary/aromatic N) is 1. The van der Waals surface area contributed by atoms with Gasteiger partial charge in [-0.1, -0.05) is 19.8 Å². The van der Waals surface area contributed by atoms with Crippen molar-refractivity contribution in [2.45, 2.75) is 26.2 Å². The van der Waals surface area contributed by atoms with Crippen molar-refractivity contribution in [1.29, 1.82) is 0 Å². The first kappa shape index (κ1) is 17.6. The van der Waals surface area contributed by atoms with E-state index in [1.165, 1.54) is 19.3 Å². The van der Waals surface area contributed by atoms with Crippen LogP contribution in [0.4, 0.5) is 4.79 Å². The average molecular weight is 235 g/mol. The summed E-state index contributed by atoms with van der Waals surface area (Å²) in [6.45, 7) is 5.15. The van der Waals surface area contributed by atoms with Crippen LogP contribution in [0.1, 0.15) is 26.2 Å². The van der Waals surface area contributed by atoms with Crippen molar-refractivity contribution in [2.75, 3.05) is 40.9 Å². The second-order valence-electron chi connectivity index (χ2n) is 4.60. The van der Waals surface area contributed by atoms with Gasteiger partial charge in [0.25, 0.3) is 0 Å². The first-order chi connectivity index (χ1) is 7.29. The van der Waals surface area contributed by atoms with Crippen LogP contribution in [0.5, 0.6) is 0 Å². The molecule has 0 atom stereocenters. The highest BCUT2D eigenvalue weighted by molar-refractivity contribution is 5.50. The van der Waals surface area contributed by atoms with Gasteiger partial charge in [-0.3, -0.25) is 0 Å². The van der Waals surface area contributed by atoms with E-state index in [4.69, 9.17) is 19.7 Å². The lowest BCUT2D eigenvalue weighted by Gasteiger charge is -2.23. The molecule has 0 rings (SSSR count). The quantitative estimate of drug-likeness (QED) is 0.523. The summed E-state index contributed by atoms with van der Waals surface area (Å²) in [6.07, 6.45) is 1.71. The minimum atomic E-state index is -2.08. The van der Waals surface area contributed by atoms with E-state index >= 15 is 0 Å². The molecule has 0 aromatic heterocycles. The smallest absolute Gasteiger partial charge is 0.249 e. The molecule has 16 heavy (non-hydrogen) atoms. The van der Waals surface area contributed by atoms with Crippen molar-refractivity contribution in [3.05, 3.63) is 0 Å². The molecule has 98 valence electrons. The Labute approximate surface area is 98.2 Å². The molecule has 0 aliphatic heterocycles. The minimum absolute atomic E-state index is 0.896. The third kappa shape index (κ3) is 29.2. The molecule has 0 unspecified atom stereocenters. The SMILES string of the molecule is CCCCCOCC[N+](C)(C)C.O=C([O-])O. The summed E-state index contributed by atoms with van der Waals surface area (Å²) in [5.74, 6) is 0. The minimum Gasteiger partial charge on any atom is -0.565 e. The lowest BCUT2D eigenvalue weighted by molar-refractivity contribution is -0.870. The van der Waals surface area contributed by atoms with Crippen LogP contribution in [-0.2, 0) is 4.74 Å². The third-order valence-corrected chi connectivity index (χ3v) is 1.80. The fourth-order valence-electron chi connectivity index (χ4n) is 0.895. The van der Waals surface area contributed by atoms with Crippen molar-refractivity contribution in [3.8, 4) is 0 Å². The highest BCUT2D eigenvalue weighted by atomic mass is 16.6. The molecule has 0 aromatic carbocycles. The lowest BCUT2D eigenvalue weighted by atomic mass is 10.3. The van der Waals surface area contributed by atoms with Crippen LogP contribution in [0.2, 0.25) is 0 Å². The number of carbonyl (C=O) groups is 1. The van der Waals surface area contributed by atoms with E-state index < -0.39 is 6.16 Å². The summed E-state index contributed by atoms with van der Waals surface area (Å²) >= 11 is 0. The Hall–Kier alpha value is -0.810. The van der Waals surface area contributed by atoms with Gasteiger partial charge in [0, 0.05) is 6.61 Å². The Morgan fingerprint density at radius 3 is 2.12 bits per heavy atom. The van der Waals surface area contributed by atoms with Gasteiger partial charge in [0.1, 0.15) is 6.54 Å². The number of hydrogen-bond donors (Lipinski definition) is 1. The number of carboxylic acid groups (broad SMARTS) is 2. The molecule has 0 amide bonds. The molecule has 0 aliphatic rings. The van der Waals surface area contributed by atoms with Gasteiger partial charge in [0.05, 0.1) is 27.7 Å². The van der Waals surface area contributed by atoms with Gasteiger partial charge in [0.2, 0.25) is 6.16 Å². The Balaban J connectivity index is 0. The summed E-state index contributed by atoms with van der Waals surface area (Å²) < 4.78 is 6.49. The van der Waals surface area contributed by atoms with E-state index in [1.54, 1.807) is 0 Å². The zero-order valence-corrected chi connectivity index (χ0v) is 10.9. The molecule has 0 spiro atoms. The fourth-order valence-corrected chi connectivity index (χ4v) is 0.895. The maximum atomic E-state index is 8.44. The Morgan fingerprint density at radius 1 is 1.25 bits per heavy atom. The van der Waals surface area contributed by atoms with Crippen LogP contribution in [-0.4, -0.2) is 56.6 Å². The molecule has 5 nitrogen and oxygen atoms in total. The van der Waals surface area contributed by atoms with Gasteiger partial charge in [-0.15, -0.1) is 0 Å². The van der Waals surface area contributed by atoms with Gasteiger partial charge in [0.15, 0.2) is 0 Å². The van der Waals surface area contributed by atoms with E-state index in [0.717, 1.165) is 24.2 Å². The fraction of sp³-hybridized carbons (Fsp3) is 0.909. The molecular weight excluding hydrogens is 210 g/mol. The maximum absolute atomic E-state index is 8.44. The van der Waals surface area contributed by atoms with E-state index in [9.17, 15) is 0 Å². The van der Waals surface area contributed by atoms with E-state index in [2.05, 4.69) is 28.1 Å². The van der Waals surface area contributed by atoms with Crippen LogP contribution in [0.25, 0.3) is 0 Å². The monoisotopic (exact) mass is 235 g/mol.